The van der Waals surface area contributed by atoms with Crippen LogP contribution >= 0.6 is 0 Å². The summed E-state index contributed by atoms with van der Waals surface area (Å²) in [6.45, 7) is 0. The van der Waals surface area contributed by atoms with Crippen molar-refractivity contribution in [3.05, 3.63) is 224 Å². The Labute approximate surface area is 382 Å². The Balaban J connectivity index is 1.22. The summed E-state index contributed by atoms with van der Waals surface area (Å²) in [5.74, 6) is -0.948. The molecule has 0 aliphatic rings. The van der Waals surface area contributed by atoms with Crippen LogP contribution in [0.3, 0.4) is 0 Å². The molecule has 0 bridgehead atoms. The summed E-state index contributed by atoms with van der Waals surface area (Å²) in [4.78, 5) is 14.5. The molecule has 290 valence electrons. The monoisotopic (exact) mass is 808 g/mol. The molecular weight excluding hydrogens is 755 g/mol. The second kappa shape index (κ2) is 14.7. The lowest BCUT2D eigenvalue weighted by molar-refractivity contribution is 0.953. The Kier molecular flexibility index (Phi) is 5.28. The average molecular weight is 809 g/mol. The van der Waals surface area contributed by atoms with E-state index in [4.69, 9.17) is 31.4 Å². The summed E-state index contributed by atoms with van der Waals surface area (Å²) < 4.78 is 154. The molecular formula is C57H37N5. The van der Waals surface area contributed by atoms with E-state index in [-0.39, 0.29) is 114 Å². The predicted molar refractivity (Wildman–Crippen MR) is 256 cm³/mol. The van der Waals surface area contributed by atoms with Crippen LogP contribution in [-0.4, -0.2) is 24.1 Å². The van der Waals surface area contributed by atoms with E-state index in [2.05, 4.69) is 0 Å². The second-order valence-electron chi connectivity index (χ2n) is 14.4. The summed E-state index contributed by atoms with van der Waals surface area (Å²) in [5.41, 5.74) is 4.37. The number of hydrogen-bond acceptors (Lipinski definition) is 3. The summed E-state index contributed by atoms with van der Waals surface area (Å²) >= 11 is 0. The van der Waals surface area contributed by atoms with Gasteiger partial charge in [0.05, 0.1) is 45.4 Å². The molecule has 0 saturated carbocycles. The van der Waals surface area contributed by atoms with Crippen LogP contribution in [0.2, 0.25) is 0 Å². The van der Waals surface area contributed by atoms with Gasteiger partial charge in [-0.25, -0.2) is 4.98 Å². The topological polar surface area (TPSA) is 48.5 Å². The first kappa shape index (κ1) is 22.3. The summed E-state index contributed by atoms with van der Waals surface area (Å²) in [6, 6.07) is 27.3. The van der Waals surface area contributed by atoms with Gasteiger partial charge in [0, 0.05) is 38.4 Å². The molecule has 5 nitrogen and oxygen atoms in total. The van der Waals surface area contributed by atoms with E-state index in [1.807, 2.05) is 72.8 Å². The van der Waals surface area contributed by atoms with E-state index in [9.17, 15) is 6.85 Å². The van der Waals surface area contributed by atoms with Gasteiger partial charge in [0.25, 0.3) is 0 Å². The zero-order valence-corrected chi connectivity index (χ0v) is 32.3. The van der Waals surface area contributed by atoms with Gasteiger partial charge in [-0.3, -0.25) is 4.57 Å². The Morgan fingerprint density at radius 2 is 0.871 bits per heavy atom. The molecule has 0 unspecified atom stereocenters. The number of fused-ring (bicyclic) bond motifs is 7. The van der Waals surface area contributed by atoms with Gasteiger partial charge in [0.15, 0.2) is 11.6 Å². The third kappa shape index (κ3) is 5.98. The molecule has 12 rings (SSSR count). The van der Waals surface area contributed by atoms with Crippen LogP contribution in [0, 0.1) is 0 Å². The van der Waals surface area contributed by atoms with Gasteiger partial charge in [0.1, 0.15) is 0 Å². The molecule has 9 aromatic carbocycles. The molecule has 0 aliphatic heterocycles. The highest BCUT2D eigenvalue weighted by atomic mass is 15.2. The second-order valence-corrected chi connectivity index (χ2v) is 14.4. The van der Waals surface area contributed by atoms with Crippen LogP contribution in [0.25, 0.3) is 111 Å². The highest BCUT2D eigenvalue weighted by Crippen LogP contribution is 2.42. The van der Waals surface area contributed by atoms with Crippen LogP contribution < -0.4 is 0 Å². The van der Waals surface area contributed by atoms with Gasteiger partial charge in [-0.15, -0.1) is 0 Å². The number of benzene rings is 9. The van der Waals surface area contributed by atoms with Gasteiger partial charge >= 0.3 is 0 Å². The number of rotatable bonds is 7. The number of nitrogens with zero attached hydrogens (tertiary/aromatic N) is 5. The first-order valence-electron chi connectivity index (χ1n) is 28.0. The molecule has 0 saturated heterocycles. The first-order valence-corrected chi connectivity index (χ1v) is 19.5. The van der Waals surface area contributed by atoms with Crippen LogP contribution in [-0.2, 0) is 0 Å². The van der Waals surface area contributed by atoms with Gasteiger partial charge < -0.3 is 4.57 Å². The lowest BCUT2D eigenvalue weighted by Gasteiger charge is -2.14. The zero-order valence-electron chi connectivity index (χ0n) is 49.3. The maximum atomic E-state index is 9.78. The van der Waals surface area contributed by atoms with Crippen molar-refractivity contribution >= 4 is 43.6 Å². The largest absolute Gasteiger partial charge is 0.307 e. The van der Waals surface area contributed by atoms with Crippen molar-refractivity contribution in [3.8, 4) is 67.8 Å². The van der Waals surface area contributed by atoms with E-state index in [1.54, 1.807) is 10.6 Å². The highest BCUT2D eigenvalue weighted by molar-refractivity contribution is 6.23. The molecule has 3 aromatic heterocycles. The number of para-hydroxylation sites is 2. The summed E-state index contributed by atoms with van der Waals surface area (Å²) in [7, 11) is 0. The summed E-state index contributed by atoms with van der Waals surface area (Å²) in [5, 5.41) is 0.387. The molecule has 62 heavy (non-hydrogen) atoms. The van der Waals surface area contributed by atoms with Gasteiger partial charge in [-0.05, 0) is 63.7 Å². The SMILES string of the molecule is [2H]c1cc([2H])c2c(c1[2H])c1cc([2H])c3c4c([2H])c([2H])cc([2H])c4n(-c4nc(-c5ccc(-c6c([2H])c([2H])c([2H])c([2H])c6[2H])cc5)nc(-c5c([2H])c([2H])c([2H])c([2H])c5[2H])n4)c3c1n2-c1cccc(-c2cccc(-c3ccccc3)c2)c1. The third-order valence-electron chi connectivity index (χ3n) is 10.8. The highest BCUT2D eigenvalue weighted by Gasteiger charge is 2.23. The molecule has 0 aliphatic carbocycles. The van der Waals surface area contributed by atoms with Crippen molar-refractivity contribution in [3.63, 3.8) is 0 Å². The Morgan fingerprint density at radius 1 is 0.323 bits per heavy atom. The smallest absolute Gasteiger partial charge is 0.238 e. The fourth-order valence-electron chi connectivity index (χ4n) is 8.03. The van der Waals surface area contributed by atoms with Crippen molar-refractivity contribution in [2.45, 2.75) is 0 Å². The Morgan fingerprint density at radius 3 is 1.60 bits per heavy atom. The third-order valence-corrected chi connectivity index (χ3v) is 10.8. The van der Waals surface area contributed by atoms with E-state index in [0.717, 1.165) is 28.3 Å². The first-order chi connectivity index (χ1) is 37.8. The van der Waals surface area contributed by atoms with Gasteiger partial charge in [-0.2, -0.15) is 9.97 Å². The van der Waals surface area contributed by atoms with E-state index >= 15 is 0 Å². The lowest BCUT2D eigenvalue weighted by Crippen LogP contribution is -2.07. The summed E-state index contributed by atoms with van der Waals surface area (Å²) in [6.07, 6.45) is 0. The average Bonchev–Trinajstić information content (AvgIpc) is 3.06. The fourth-order valence-corrected chi connectivity index (χ4v) is 8.03. The normalized spacial score (nSPS) is 15.4. The van der Waals surface area contributed by atoms with Crippen molar-refractivity contribution < 1.29 is 23.3 Å². The molecule has 3 heterocycles. The molecule has 0 atom stereocenters. The molecule has 0 radical (unpaired) electrons. The Bertz CT molecular complexity index is 4580. The van der Waals surface area contributed by atoms with E-state index in [0.29, 0.717) is 5.69 Å². The van der Waals surface area contributed by atoms with Crippen LogP contribution in [0.1, 0.15) is 23.3 Å². The van der Waals surface area contributed by atoms with E-state index < -0.39 is 71.8 Å². The zero-order chi connectivity index (χ0) is 55.8. The molecule has 0 fully saturated rings. The van der Waals surface area contributed by atoms with Gasteiger partial charge in [-0.1, -0.05) is 194 Å². The van der Waals surface area contributed by atoms with Crippen molar-refractivity contribution in [1.29, 1.82) is 0 Å². The van der Waals surface area contributed by atoms with Crippen molar-refractivity contribution in [2.24, 2.45) is 0 Å². The molecule has 0 spiro atoms. The molecule has 0 amide bonds. The van der Waals surface area contributed by atoms with Crippen LogP contribution in [0.15, 0.2) is 224 Å². The quantitative estimate of drug-likeness (QED) is 0.161. The maximum absolute atomic E-state index is 9.78. The minimum atomic E-state index is -0.695. The maximum Gasteiger partial charge on any atom is 0.238 e. The van der Waals surface area contributed by atoms with Crippen molar-refractivity contribution in [1.82, 2.24) is 24.1 Å². The fraction of sp³-hybridized carbons (Fsp3) is 0. The predicted octanol–water partition coefficient (Wildman–Crippen LogP) is 14.4. The molecule has 12 aromatic rings. The van der Waals surface area contributed by atoms with Gasteiger partial charge in [0.2, 0.25) is 5.95 Å². The lowest BCUT2D eigenvalue weighted by atomic mass is 9.99. The van der Waals surface area contributed by atoms with Crippen LogP contribution in [0.5, 0.6) is 0 Å². The molecule has 5 heteroatoms. The molecule has 0 N–H and O–H groups in total. The Hall–Kier alpha value is -8.41. The minimum Gasteiger partial charge on any atom is -0.307 e. The standard InChI is InChI=1S/C57H37N5/c1-4-16-38(17-5-1)40-30-32-42(33-31-40)56-58-55(41-20-8-3-9-21-41)59-57(60-56)62-52-29-13-11-27-48(52)50-35-34-49-47-26-10-12-28-51(47)61(53(49)54(50)62)46-25-15-24-45(37-46)44-23-14-22-43(36-44)39-18-6-2-7-19-39/h1-37H/i1D,3D,4D,5D,8D,9D,10D,11D,16D,17D,20D,21D,26D,27D,28D,29D,35D. The number of aromatic nitrogens is 5. The minimum absolute atomic E-state index is 0.0321. The van der Waals surface area contributed by atoms with Crippen LogP contribution in [0.4, 0.5) is 0 Å². The van der Waals surface area contributed by atoms with E-state index in [1.165, 1.54) is 41.0 Å². The number of hydrogen-bond donors (Lipinski definition) is 0. The van der Waals surface area contributed by atoms with Crippen molar-refractivity contribution in [2.75, 3.05) is 0 Å².